The molecule has 0 amide bonds. The Labute approximate surface area is 206 Å². The number of guanidine groups is 1. The van der Waals surface area contributed by atoms with Gasteiger partial charge in [0.2, 0.25) is 0 Å². The van der Waals surface area contributed by atoms with Gasteiger partial charge < -0.3 is 16.0 Å². The number of likely N-dealkylation sites (tertiary alicyclic amines) is 1. The zero-order valence-corrected chi connectivity index (χ0v) is 21.0. The number of halogens is 1. The molecule has 1 saturated heterocycles. The molecule has 0 atom stereocenters. The van der Waals surface area contributed by atoms with Gasteiger partial charge in [-0.05, 0) is 18.4 Å². The van der Waals surface area contributed by atoms with Crippen molar-refractivity contribution < 1.29 is 0 Å². The average Bonchev–Trinajstić information content (AvgIpc) is 3.19. The molecule has 3 N–H and O–H groups in total. The van der Waals surface area contributed by atoms with Crippen LogP contribution >= 0.6 is 24.0 Å². The van der Waals surface area contributed by atoms with Gasteiger partial charge in [0.1, 0.15) is 12.1 Å². The number of anilines is 1. The molecule has 32 heavy (non-hydrogen) atoms. The lowest BCUT2D eigenvalue weighted by molar-refractivity contribution is 0.198. The van der Waals surface area contributed by atoms with Crippen LogP contribution in [0.15, 0.2) is 47.8 Å². The van der Waals surface area contributed by atoms with Gasteiger partial charge in [0.25, 0.3) is 0 Å². The van der Waals surface area contributed by atoms with E-state index in [1.807, 2.05) is 14.1 Å². The molecule has 2 aromatic heterocycles. The van der Waals surface area contributed by atoms with Gasteiger partial charge in [-0.25, -0.2) is 9.97 Å². The molecular weight excluding hydrogens is 517 g/mol. The molecule has 0 radical (unpaired) electrons. The van der Waals surface area contributed by atoms with Crippen molar-refractivity contribution in [3.05, 3.63) is 48.4 Å². The van der Waals surface area contributed by atoms with Crippen LogP contribution < -0.4 is 16.0 Å². The number of fused-ring (bicyclic) bond motifs is 1. The largest absolute Gasteiger partial charge is 0.368 e. The first-order chi connectivity index (χ1) is 15.2. The topological polar surface area (TPSA) is 95.3 Å². The highest BCUT2D eigenvalue weighted by atomic mass is 127. The second kappa shape index (κ2) is 12.0. The fourth-order valence-corrected chi connectivity index (χ4v) is 3.93. The molecular formula is C22H32IN9. The van der Waals surface area contributed by atoms with E-state index in [1.165, 1.54) is 5.56 Å². The summed E-state index contributed by atoms with van der Waals surface area (Å²) in [5.41, 5.74) is 2.20. The summed E-state index contributed by atoms with van der Waals surface area (Å²) in [6.07, 6.45) is 5.58. The van der Waals surface area contributed by atoms with Crippen molar-refractivity contribution in [3.63, 3.8) is 0 Å². The fourth-order valence-electron chi connectivity index (χ4n) is 3.93. The molecule has 0 unspecified atom stereocenters. The summed E-state index contributed by atoms with van der Waals surface area (Å²) in [5, 5.41) is 15.5. The van der Waals surface area contributed by atoms with Crippen LogP contribution in [0.2, 0.25) is 0 Å². The Morgan fingerprint density at radius 2 is 1.91 bits per heavy atom. The Morgan fingerprint density at radius 1 is 1.12 bits per heavy atom. The van der Waals surface area contributed by atoms with Gasteiger partial charge in [-0.1, -0.05) is 30.3 Å². The number of hydrogen-bond donors (Lipinski definition) is 3. The summed E-state index contributed by atoms with van der Waals surface area (Å²) in [5.74, 6) is 1.64. The Balaban J connectivity index is 0.00000289. The van der Waals surface area contributed by atoms with Gasteiger partial charge in [0.05, 0.1) is 11.6 Å². The predicted molar refractivity (Wildman–Crippen MR) is 139 cm³/mol. The van der Waals surface area contributed by atoms with Crippen molar-refractivity contribution in [1.82, 2.24) is 35.3 Å². The highest BCUT2D eigenvalue weighted by Gasteiger charge is 2.20. The summed E-state index contributed by atoms with van der Waals surface area (Å²) in [6.45, 7) is 4.68. The van der Waals surface area contributed by atoms with E-state index in [-0.39, 0.29) is 24.0 Å². The van der Waals surface area contributed by atoms with Crippen molar-refractivity contribution in [2.24, 2.45) is 12.0 Å². The quantitative estimate of drug-likeness (QED) is 0.180. The van der Waals surface area contributed by atoms with Gasteiger partial charge >= 0.3 is 0 Å². The van der Waals surface area contributed by atoms with E-state index in [0.29, 0.717) is 6.04 Å². The minimum Gasteiger partial charge on any atom is -0.368 e. The van der Waals surface area contributed by atoms with E-state index in [1.54, 1.807) is 17.2 Å². The molecule has 0 aliphatic carbocycles. The molecule has 172 valence electrons. The second-order valence-corrected chi connectivity index (χ2v) is 7.83. The molecule has 10 heteroatoms. The minimum absolute atomic E-state index is 0. The van der Waals surface area contributed by atoms with Crippen LogP contribution in [0.4, 0.5) is 5.82 Å². The third kappa shape index (κ3) is 6.28. The third-order valence-corrected chi connectivity index (χ3v) is 5.64. The van der Waals surface area contributed by atoms with Crippen LogP contribution in [0, 0.1) is 0 Å². The van der Waals surface area contributed by atoms with Gasteiger partial charge in [0.15, 0.2) is 11.6 Å². The van der Waals surface area contributed by atoms with Crippen molar-refractivity contribution in [3.8, 4) is 0 Å². The number of rotatable bonds is 7. The number of hydrogen-bond acceptors (Lipinski definition) is 6. The number of aryl methyl sites for hydroxylation is 1. The lowest BCUT2D eigenvalue weighted by Crippen LogP contribution is -2.49. The molecule has 1 aliphatic heterocycles. The summed E-state index contributed by atoms with van der Waals surface area (Å²) in [6, 6.07) is 11.1. The normalized spacial score (nSPS) is 15.4. The van der Waals surface area contributed by atoms with Gasteiger partial charge in [0, 0.05) is 52.9 Å². The number of aromatic nitrogens is 4. The van der Waals surface area contributed by atoms with Crippen molar-refractivity contribution in [2.45, 2.75) is 25.4 Å². The van der Waals surface area contributed by atoms with Gasteiger partial charge in [-0.2, -0.15) is 5.10 Å². The summed E-state index contributed by atoms with van der Waals surface area (Å²) < 4.78 is 1.75. The first kappa shape index (κ1) is 24.2. The van der Waals surface area contributed by atoms with E-state index in [9.17, 15) is 0 Å². The standard InChI is InChI=1S/C22H31N9.HI/c1-23-22(25-11-10-24-20-19-14-28-30(2)21(19)27-16-26-20)29-18-8-12-31(13-9-18)15-17-6-4-3-5-7-17;/h3-7,14,16,18H,8-13,15H2,1-2H3,(H2,23,25,29)(H,24,26,27);1H. The van der Waals surface area contributed by atoms with Crippen LogP contribution in [0.5, 0.6) is 0 Å². The maximum absolute atomic E-state index is 4.38. The van der Waals surface area contributed by atoms with Crippen LogP contribution in [0.1, 0.15) is 18.4 Å². The summed E-state index contributed by atoms with van der Waals surface area (Å²) in [4.78, 5) is 15.5. The van der Waals surface area contributed by atoms with Crippen molar-refractivity contribution in [2.75, 3.05) is 38.5 Å². The summed E-state index contributed by atoms with van der Waals surface area (Å²) >= 11 is 0. The van der Waals surface area contributed by atoms with Crippen molar-refractivity contribution in [1.29, 1.82) is 0 Å². The molecule has 0 spiro atoms. The van der Waals surface area contributed by atoms with Crippen molar-refractivity contribution >= 4 is 46.8 Å². The Morgan fingerprint density at radius 3 is 2.66 bits per heavy atom. The maximum Gasteiger partial charge on any atom is 0.191 e. The molecule has 1 aromatic carbocycles. The molecule has 9 nitrogen and oxygen atoms in total. The number of nitrogens with zero attached hydrogens (tertiary/aromatic N) is 6. The minimum atomic E-state index is 0. The maximum atomic E-state index is 4.38. The first-order valence-corrected chi connectivity index (χ1v) is 10.8. The molecule has 0 bridgehead atoms. The van der Waals surface area contributed by atoms with E-state index in [0.717, 1.165) is 68.4 Å². The van der Waals surface area contributed by atoms with Crippen LogP contribution in [-0.2, 0) is 13.6 Å². The Bertz CT molecular complexity index is 997. The molecule has 0 saturated carbocycles. The Kier molecular flexibility index (Phi) is 9.03. The highest BCUT2D eigenvalue weighted by Crippen LogP contribution is 2.17. The number of nitrogens with one attached hydrogen (secondary N) is 3. The number of benzene rings is 1. The summed E-state index contributed by atoms with van der Waals surface area (Å²) in [7, 11) is 3.69. The fraction of sp³-hybridized carbons (Fsp3) is 0.455. The van der Waals surface area contributed by atoms with Crippen LogP contribution in [-0.4, -0.2) is 69.9 Å². The first-order valence-electron chi connectivity index (χ1n) is 10.8. The van der Waals surface area contributed by atoms with E-state index in [4.69, 9.17) is 0 Å². The molecule has 1 aliphatic rings. The molecule has 1 fully saturated rings. The second-order valence-electron chi connectivity index (χ2n) is 7.83. The van der Waals surface area contributed by atoms with Gasteiger partial charge in [-0.3, -0.25) is 14.6 Å². The van der Waals surface area contributed by atoms with Gasteiger partial charge in [-0.15, -0.1) is 24.0 Å². The molecule has 4 rings (SSSR count). The number of aliphatic imine (C=N–C) groups is 1. The lowest BCUT2D eigenvalue weighted by Gasteiger charge is -2.33. The predicted octanol–water partition coefficient (Wildman–Crippen LogP) is 2.22. The SMILES string of the molecule is CN=C(NCCNc1ncnc2c1cnn2C)NC1CCN(Cc2ccccc2)CC1.I. The lowest BCUT2D eigenvalue weighted by atomic mass is 10.0. The van der Waals surface area contributed by atoms with E-state index in [2.05, 4.69) is 71.2 Å². The smallest absolute Gasteiger partial charge is 0.191 e. The number of piperidine rings is 1. The highest BCUT2D eigenvalue weighted by molar-refractivity contribution is 14.0. The van der Waals surface area contributed by atoms with E-state index >= 15 is 0 Å². The van der Waals surface area contributed by atoms with E-state index < -0.39 is 0 Å². The van der Waals surface area contributed by atoms with Crippen LogP contribution in [0.3, 0.4) is 0 Å². The molecule has 3 aromatic rings. The Hall–Kier alpha value is -2.47. The average molecular weight is 549 g/mol. The third-order valence-electron chi connectivity index (χ3n) is 5.64. The molecule has 3 heterocycles. The zero-order valence-electron chi connectivity index (χ0n) is 18.7. The van der Waals surface area contributed by atoms with Crippen LogP contribution in [0.25, 0.3) is 11.0 Å². The zero-order chi connectivity index (χ0) is 21.5. The monoisotopic (exact) mass is 549 g/mol.